The highest BCUT2D eigenvalue weighted by Crippen LogP contribution is 2.25. The number of aromatic nitrogens is 4. The Morgan fingerprint density at radius 2 is 1.78 bits per heavy atom. The maximum absolute atomic E-state index is 9.57. The summed E-state index contributed by atoms with van der Waals surface area (Å²) in [6.45, 7) is 4.13. The Bertz CT molecular complexity index is 1120. The van der Waals surface area contributed by atoms with Crippen LogP contribution >= 0.6 is 11.6 Å². The van der Waals surface area contributed by atoms with Crippen molar-refractivity contribution in [3.63, 3.8) is 0 Å². The summed E-state index contributed by atoms with van der Waals surface area (Å²) >= 11 is 5.99. The summed E-state index contributed by atoms with van der Waals surface area (Å²) in [4.78, 5) is 0. The number of aromatic hydroxyl groups is 1. The summed E-state index contributed by atoms with van der Waals surface area (Å²) in [5.74, 6) is 1.46. The zero-order valence-electron chi connectivity index (χ0n) is 14.9. The molecule has 0 unspecified atom stereocenters. The smallest absolute Gasteiger partial charge is 0.178 e. The molecule has 4 rings (SSSR count). The molecular weight excluding hydrogens is 362 g/mol. The van der Waals surface area contributed by atoms with Crippen LogP contribution in [-0.2, 0) is 6.42 Å². The van der Waals surface area contributed by atoms with Crippen molar-refractivity contribution in [3.8, 4) is 5.75 Å². The molecule has 0 aliphatic heterocycles. The van der Waals surface area contributed by atoms with Crippen molar-refractivity contribution in [3.05, 3.63) is 76.1 Å². The van der Waals surface area contributed by atoms with E-state index >= 15 is 0 Å². The van der Waals surface area contributed by atoms with Crippen molar-refractivity contribution in [2.45, 2.75) is 20.3 Å². The fraction of sp³-hybridized carbons (Fsp3) is 0.150. The number of nitrogens with zero attached hydrogens (tertiary/aromatic N) is 4. The van der Waals surface area contributed by atoms with Crippen LogP contribution in [0, 0.1) is 13.8 Å². The van der Waals surface area contributed by atoms with Crippen molar-refractivity contribution in [2.75, 3.05) is 5.32 Å². The molecular formula is C20H18ClN5O. The number of nitrogens with one attached hydrogen (secondary N) is 1. The molecule has 2 aromatic heterocycles. The van der Waals surface area contributed by atoms with E-state index in [-0.39, 0.29) is 5.75 Å². The number of aryl methyl sites for hydroxylation is 2. The van der Waals surface area contributed by atoms with Crippen LogP contribution in [0.4, 0.5) is 11.5 Å². The van der Waals surface area contributed by atoms with Crippen molar-refractivity contribution >= 4 is 28.8 Å². The zero-order chi connectivity index (χ0) is 19.0. The minimum Gasteiger partial charge on any atom is -0.506 e. The SMILES string of the molecule is Cc1cc(C)cc(Nc2ccc3nnc(Cc4ccc(O)c(Cl)c4)n3n2)c1. The largest absolute Gasteiger partial charge is 0.506 e. The lowest BCUT2D eigenvalue weighted by Crippen LogP contribution is -2.03. The molecule has 0 amide bonds. The molecule has 2 aromatic carbocycles. The molecule has 0 bridgehead atoms. The zero-order valence-corrected chi connectivity index (χ0v) is 15.7. The van der Waals surface area contributed by atoms with Crippen molar-refractivity contribution in [2.24, 2.45) is 0 Å². The molecule has 0 saturated heterocycles. The van der Waals surface area contributed by atoms with Gasteiger partial charge in [0.25, 0.3) is 0 Å². The van der Waals surface area contributed by atoms with E-state index in [9.17, 15) is 5.11 Å². The molecule has 0 radical (unpaired) electrons. The number of fused-ring (bicyclic) bond motifs is 1. The molecule has 0 atom stereocenters. The lowest BCUT2D eigenvalue weighted by Gasteiger charge is -2.08. The van der Waals surface area contributed by atoms with Gasteiger partial charge < -0.3 is 10.4 Å². The molecule has 0 saturated carbocycles. The molecule has 27 heavy (non-hydrogen) atoms. The maximum atomic E-state index is 9.57. The summed E-state index contributed by atoms with van der Waals surface area (Å²) < 4.78 is 1.71. The Labute approximate surface area is 161 Å². The predicted molar refractivity (Wildman–Crippen MR) is 106 cm³/mol. The first-order chi connectivity index (χ1) is 13.0. The summed E-state index contributed by atoms with van der Waals surface area (Å²) in [5.41, 5.74) is 4.95. The normalized spacial score (nSPS) is 11.1. The summed E-state index contributed by atoms with van der Waals surface area (Å²) in [6.07, 6.45) is 0.501. The van der Waals surface area contributed by atoms with Crippen LogP contribution in [-0.4, -0.2) is 24.9 Å². The Hall–Kier alpha value is -3.12. The van der Waals surface area contributed by atoms with Gasteiger partial charge in [0.2, 0.25) is 0 Å². The lowest BCUT2D eigenvalue weighted by molar-refractivity contribution is 0.475. The fourth-order valence-electron chi connectivity index (χ4n) is 3.05. The second-order valence-corrected chi connectivity index (χ2v) is 6.98. The van der Waals surface area contributed by atoms with E-state index in [4.69, 9.17) is 11.6 Å². The maximum Gasteiger partial charge on any atom is 0.178 e. The quantitative estimate of drug-likeness (QED) is 0.548. The highest BCUT2D eigenvalue weighted by atomic mass is 35.5. The third kappa shape index (κ3) is 3.71. The Balaban J connectivity index is 1.65. The van der Waals surface area contributed by atoms with E-state index in [1.54, 1.807) is 22.7 Å². The van der Waals surface area contributed by atoms with Gasteiger partial charge in [-0.1, -0.05) is 23.7 Å². The first-order valence-corrected chi connectivity index (χ1v) is 8.90. The summed E-state index contributed by atoms with van der Waals surface area (Å²) in [5, 5.41) is 26.2. The predicted octanol–water partition coefficient (Wildman–Crippen LogP) is 4.43. The second kappa shape index (κ2) is 6.89. The van der Waals surface area contributed by atoms with Crippen LogP contribution in [0.25, 0.3) is 5.65 Å². The van der Waals surface area contributed by atoms with Gasteiger partial charge in [-0.15, -0.1) is 15.3 Å². The topological polar surface area (TPSA) is 75.3 Å². The number of phenols is 1. The molecule has 7 heteroatoms. The molecule has 0 fully saturated rings. The molecule has 0 spiro atoms. The minimum absolute atomic E-state index is 0.0598. The minimum atomic E-state index is 0.0598. The van der Waals surface area contributed by atoms with Gasteiger partial charge in [-0.05, 0) is 66.9 Å². The Morgan fingerprint density at radius 3 is 2.52 bits per heavy atom. The lowest BCUT2D eigenvalue weighted by atomic mass is 10.1. The number of phenolic OH excluding ortho intramolecular Hbond substituents is 1. The van der Waals surface area contributed by atoms with E-state index in [0.29, 0.717) is 28.7 Å². The van der Waals surface area contributed by atoms with Crippen LogP contribution < -0.4 is 5.32 Å². The van der Waals surface area contributed by atoms with Gasteiger partial charge in [-0.3, -0.25) is 0 Å². The first kappa shape index (κ1) is 17.3. The monoisotopic (exact) mass is 379 g/mol. The summed E-state index contributed by atoms with van der Waals surface area (Å²) in [7, 11) is 0. The van der Waals surface area contributed by atoms with Gasteiger partial charge in [0.1, 0.15) is 5.75 Å². The molecule has 6 nitrogen and oxygen atoms in total. The molecule has 136 valence electrons. The van der Waals surface area contributed by atoms with Gasteiger partial charge in [-0.2, -0.15) is 4.52 Å². The summed E-state index contributed by atoms with van der Waals surface area (Å²) in [6, 6.07) is 15.1. The van der Waals surface area contributed by atoms with E-state index in [2.05, 4.69) is 52.7 Å². The van der Waals surface area contributed by atoms with Gasteiger partial charge >= 0.3 is 0 Å². The number of hydrogen-bond acceptors (Lipinski definition) is 5. The van der Waals surface area contributed by atoms with Crippen LogP contribution in [0.2, 0.25) is 5.02 Å². The van der Waals surface area contributed by atoms with Gasteiger partial charge in [0.15, 0.2) is 17.3 Å². The third-order valence-electron chi connectivity index (χ3n) is 4.20. The highest BCUT2D eigenvalue weighted by molar-refractivity contribution is 6.32. The molecule has 2 heterocycles. The molecule has 4 aromatic rings. The van der Waals surface area contributed by atoms with Crippen LogP contribution in [0.3, 0.4) is 0 Å². The van der Waals surface area contributed by atoms with Crippen molar-refractivity contribution in [1.29, 1.82) is 0 Å². The number of hydrogen-bond donors (Lipinski definition) is 2. The van der Waals surface area contributed by atoms with Crippen molar-refractivity contribution < 1.29 is 5.11 Å². The van der Waals surface area contributed by atoms with E-state index in [1.165, 1.54) is 11.1 Å². The van der Waals surface area contributed by atoms with Gasteiger partial charge in [-0.25, -0.2) is 0 Å². The average molecular weight is 380 g/mol. The Morgan fingerprint density at radius 1 is 1.00 bits per heavy atom. The molecule has 2 N–H and O–H groups in total. The number of halogens is 1. The highest BCUT2D eigenvalue weighted by Gasteiger charge is 2.10. The molecule has 0 aliphatic carbocycles. The van der Waals surface area contributed by atoms with Crippen molar-refractivity contribution in [1.82, 2.24) is 19.8 Å². The van der Waals surface area contributed by atoms with E-state index < -0.39 is 0 Å². The number of benzene rings is 2. The molecule has 0 aliphatic rings. The van der Waals surface area contributed by atoms with Crippen LogP contribution in [0.15, 0.2) is 48.5 Å². The van der Waals surface area contributed by atoms with E-state index in [1.807, 2.05) is 12.1 Å². The number of anilines is 2. The van der Waals surface area contributed by atoms with Gasteiger partial charge in [0.05, 0.1) is 5.02 Å². The second-order valence-electron chi connectivity index (χ2n) is 6.57. The number of rotatable bonds is 4. The van der Waals surface area contributed by atoms with E-state index in [0.717, 1.165) is 11.3 Å². The third-order valence-corrected chi connectivity index (χ3v) is 4.50. The van der Waals surface area contributed by atoms with Gasteiger partial charge in [0, 0.05) is 12.1 Å². The van der Waals surface area contributed by atoms with Crippen LogP contribution in [0.5, 0.6) is 5.75 Å². The standard InChI is InChI=1S/C20H18ClN5O/c1-12-7-13(2)9-15(8-12)22-18-5-6-19-23-24-20(26(19)25-18)11-14-3-4-17(27)16(21)10-14/h3-10,27H,11H2,1-2H3,(H,22,25). The first-order valence-electron chi connectivity index (χ1n) is 8.52. The Kier molecular flexibility index (Phi) is 4.41. The van der Waals surface area contributed by atoms with Crippen LogP contribution in [0.1, 0.15) is 22.5 Å². The average Bonchev–Trinajstić information content (AvgIpc) is 3.00. The fourth-order valence-corrected chi connectivity index (χ4v) is 3.25.